The summed E-state index contributed by atoms with van der Waals surface area (Å²) in [5, 5.41) is 0. The Kier molecular flexibility index (Phi) is 2.65. The number of ether oxygens (including phenoxy) is 1. The molecule has 2 fully saturated rings. The summed E-state index contributed by atoms with van der Waals surface area (Å²) in [5.41, 5.74) is 8.30. The second-order valence-corrected chi connectivity index (χ2v) is 6.06. The van der Waals surface area contributed by atoms with Crippen LogP contribution in [0.15, 0.2) is 18.2 Å². The maximum Gasteiger partial charge on any atom is 0.201 e. The van der Waals surface area contributed by atoms with Gasteiger partial charge in [-0.3, -0.25) is 0 Å². The highest BCUT2D eigenvalue weighted by molar-refractivity contribution is 5.84. The van der Waals surface area contributed by atoms with Crippen molar-refractivity contribution in [3.05, 3.63) is 18.2 Å². The summed E-state index contributed by atoms with van der Waals surface area (Å²) in [6, 6.07) is 6.70. The molecule has 0 atom stereocenters. The van der Waals surface area contributed by atoms with Crippen molar-refractivity contribution in [2.24, 2.45) is 11.8 Å². The van der Waals surface area contributed by atoms with Crippen LogP contribution in [0.2, 0.25) is 0 Å². The number of nitrogens with two attached hydrogens (primary N) is 1. The van der Waals surface area contributed by atoms with Gasteiger partial charge in [-0.2, -0.15) is 0 Å². The zero-order chi connectivity index (χ0) is 13.7. The maximum absolute atomic E-state index is 6.25. The lowest BCUT2D eigenvalue weighted by Gasteiger charge is -2.20. The van der Waals surface area contributed by atoms with E-state index in [2.05, 4.69) is 15.6 Å². The molecule has 0 aliphatic heterocycles. The van der Waals surface area contributed by atoms with Gasteiger partial charge in [-0.25, -0.2) is 4.98 Å². The fraction of sp³-hybridized carbons (Fsp3) is 0.562. The Hall–Kier alpha value is -1.71. The van der Waals surface area contributed by atoms with E-state index in [0.29, 0.717) is 18.6 Å². The van der Waals surface area contributed by atoms with Gasteiger partial charge in [0.1, 0.15) is 11.3 Å². The first-order valence-electron chi connectivity index (χ1n) is 7.68. The first kappa shape index (κ1) is 12.1. The van der Waals surface area contributed by atoms with Crippen LogP contribution in [0.4, 0.5) is 5.95 Å². The Morgan fingerprint density at radius 1 is 1.30 bits per heavy atom. The summed E-state index contributed by atoms with van der Waals surface area (Å²) in [6.45, 7) is 2.65. The summed E-state index contributed by atoms with van der Waals surface area (Å²) in [6.07, 6.45) is 5.35. The van der Waals surface area contributed by atoms with E-state index in [1.165, 1.54) is 25.7 Å². The van der Waals surface area contributed by atoms with Crippen LogP contribution in [-0.4, -0.2) is 16.2 Å². The highest BCUT2D eigenvalue weighted by Crippen LogP contribution is 2.53. The number of para-hydroxylation sites is 1. The first-order chi connectivity index (χ1) is 9.79. The Morgan fingerprint density at radius 2 is 2.00 bits per heavy atom. The fourth-order valence-corrected chi connectivity index (χ4v) is 3.38. The van der Waals surface area contributed by atoms with E-state index in [1.54, 1.807) is 0 Å². The average Bonchev–Trinajstić information content (AvgIpc) is 3.33. The number of nitrogens with zero attached hydrogens (tertiary/aromatic N) is 2. The van der Waals surface area contributed by atoms with Crippen LogP contribution in [0.25, 0.3) is 11.0 Å². The molecule has 4 nitrogen and oxygen atoms in total. The lowest BCUT2D eigenvalue weighted by Crippen LogP contribution is -2.15. The molecular weight excluding hydrogens is 250 g/mol. The number of benzene rings is 1. The minimum atomic E-state index is 0.553. The topological polar surface area (TPSA) is 53.1 Å². The third kappa shape index (κ3) is 1.86. The Balaban J connectivity index is 1.85. The molecule has 0 radical (unpaired) electrons. The summed E-state index contributed by atoms with van der Waals surface area (Å²) in [7, 11) is 0. The highest BCUT2D eigenvalue weighted by atomic mass is 16.5. The Morgan fingerprint density at radius 3 is 2.60 bits per heavy atom. The first-order valence-corrected chi connectivity index (χ1v) is 7.68. The number of aromatic nitrogens is 2. The summed E-state index contributed by atoms with van der Waals surface area (Å²) < 4.78 is 7.97. The molecule has 2 aliphatic carbocycles. The van der Waals surface area contributed by atoms with Crippen molar-refractivity contribution in [3.63, 3.8) is 0 Å². The Bertz CT molecular complexity index is 628. The zero-order valence-electron chi connectivity index (χ0n) is 11.9. The predicted molar refractivity (Wildman–Crippen MR) is 79.8 cm³/mol. The van der Waals surface area contributed by atoms with Gasteiger partial charge >= 0.3 is 0 Å². The van der Waals surface area contributed by atoms with E-state index in [9.17, 15) is 0 Å². The van der Waals surface area contributed by atoms with Crippen LogP contribution in [0.1, 0.15) is 38.6 Å². The van der Waals surface area contributed by atoms with E-state index in [4.69, 9.17) is 10.5 Å². The van der Waals surface area contributed by atoms with Crippen LogP contribution in [0.3, 0.4) is 0 Å². The van der Waals surface area contributed by atoms with Gasteiger partial charge in [-0.1, -0.05) is 6.07 Å². The van der Waals surface area contributed by atoms with Crippen molar-refractivity contribution in [2.45, 2.75) is 38.6 Å². The van der Waals surface area contributed by atoms with E-state index in [1.807, 2.05) is 19.1 Å². The molecule has 4 heteroatoms. The minimum Gasteiger partial charge on any atom is -0.492 e. The third-order valence-electron chi connectivity index (χ3n) is 4.52. The van der Waals surface area contributed by atoms with Gasteiger partial charge in [0.25, 0.3) is 0 Å². The number of nitrogen functional groups attached to an aromatic ring is 1. The Labute approximate surface area is 118 Å². The van der Waals surface area contributed by atoms with Gasteiger partial charge in [0.2, 0.25) is 5.95 Å². The average molecular weight is 271 g/mol. The third-order valence-corrected chi connectivity index (χ3v) is 4.52. The largest absolute Gasteiger partial charge is 0.492 e. The highest BCUT2D eigenvalue weighted by Gasteiger charge is 2.43. The van der Waals surface area contributed by atoms with Gasteiger partial charge in [-0.05, 0) is 56.6 Å². The van der Waals surface area contributed by atoms with Crippen molar-refractivity contribution < 1.29 is 4.74 Å². The molecule has 0 unspecified atom stereocenters. The molecule has 2 saturated carbocycles. The molecule has 0 saturated heterocycles. The normalized spacial score (nSPS) is 18.9. The molecule has 2 N–H and O–H groups in total. The van der Waals surface area contributed by atoms with Crippen LogP contribution in [0.5, 0.6) is 5.75 Å². The second-order valence-electron chi connectivity index (χ2n) is 6.06. The van der Waals surface area contributed by atoms with Crippen LogP contribution >= 0.6 is 0 Å². The van der Waals surface area contributed by atoms with Gasteiger partial charge in [0.15, 0.2) is 0 Å². The van der Waals surface area contributed by atoms with E-state index >= 15 is 0 Å². The zero-order valence-corrected chi connectivity index (χ0v) is 11.9. The number of anilines is 1. The summed E-state index contributed by atoms with van der Waals surface area (Å²) in [4.78, 5) is 4.59. The van der Waals surface area contributed by atoms with Crippen molar-refractivity contribution in [3.8, 4) is 5.75 Å². The molecule has 1 aromatic carbocycles. The van der Waals surface area contributed by atoms with Gasteiger partial charge in [0, 0.05) is 6.04 Å². The van der Waals surface area contributed by atoms with Crippen molar-refractivity contribution in [1.29, 1.82) is 0 Å². The number of fused-ring (bicyclic) bond motifs is 1. The number of hydrogen-bond acceptors (Lipinski definition) is 3. The molecule has 0 amide bonds. The monoisotopic (exact) mass is 271 g/mol. The maximum atomic E-state index is 6.25. The summed E-state index contributed by atoms with van der Waals surface area (Å²) >= 11 is 0. The molecule has 4 rings (SSSR count). The predicted octanol–water partition coefficient (Wildman–Crippen LogP) is 3.38. The van der Waals surface area contributed by atoms with Crippen molar-refractivity contribution in [2.75, 3.05) is 12.3 Å². The van der Waals surface area contributed by atoms with Crippen LogP contribution in [-0.2, 0) is 0 Å². The molecular formula is C16H21N3O. The smallest absolute Gasteiger partial charge is 0.201 e. The second kappa shape index (κ2) is 4.40. The molecule has 1 aromatic heterocycles. The standard InChI is InChI=1S/C16H21N3O/c1-2-20-13-5-3-4-12-14(13)18-16(17)19(12)15(10-6-7-10)11-8-9-11/h3-5,10-11,15H,2,6-9H2,1H3,(H2,17,18). The molecule has 2 aromatic rings. The van der Waals surface area contributed by atoms with Gasteiger partial charge in [-0.15, -0.1) is 0 Å². The molecule has 20 heavy (non-hydrogen) atoms. The quantitative estimate of drug-likeness (QED) is 0.907. The van der Waals surface area contributed by atoms with E-state index < -0.39 is 0 Å². The number of rotatable bonds is 5. The molecule has 1 heterocycles. The fourth-order valence-electron chi connectivity index (χ4n) is 3.38. The van der Waals surface area contributed by atoms with E-state index in [0.717, 1.165) is 28.6 Å². The molecule has 106 valence electrons. The summed E-state index contributed by atoms with van der Waals surface area (Å²) in [5.74, 6) is 3.10. The lowest BCUT2D eigenvalue weighted by molar-refractivity contribution is 0.343. The van der Waals surface area contributed by atoms with E-state index in [-0.39, 0.29) is 0 Å². The number of hydrogen-bond donors (Lipinski definition) is 1. The van der Waals surface area contributed by atoms with Crippen molar-refractivity contribution >= 4 is 17.0 Å². The number of imidazole rings is 1. The van der Waals surface area contributed by atoms with Gasteiger partial charge < -0.3 is 15.0 Å². The molecule has 2 aliphatic rings. The molecule has 0 spiro atoms. The lowest BCUT2D eigenvalue weighted by atomic mass is 10.1. The SMILES string of the molecule is CCOc1cccc2c1nc(N)n2C(C1CC1)C1CC1. The van der Waals surface area contributed by atoms with Crippen molar-refractivity contribution in [1.82, 2.24) is 9.55 Å². The van der Waals surface area contributed by atoms with Crippen LogP contribution < -0.4 is 10.5 Å². The van der Waals surface area contributed by atoms with Crippen LogP contribution in [0, 0.1) is 11.8 Å². The minimum absolute atomic E-state index is 0.553. The van der Waals surface area contributed by atoms with Gasteiger partial charge in [0.05, 0.1) is 12.1 Å². The molecule has 0 bridgehead atoms.